The highest BCUT2D eigenvalue weighted by molar-refractivity contribution is 5.69. The summed E-state index contributed by atoms with van der Waals surface area (Å²) in [4.78, 5) is 11.0. The molecule has 23 heavy (non-hydrogen) atoms. The van der Waals surface area contributed by atoms with Gasteiger partial charge in [0.15, 0.2) is 0 Å². The molecule has 0 amide bonds. The molecule has 0 radical (unpaired) electrons. The Balaban J connectivity index is 3.01. The molecule has 0 aromatic heterocycles. The second-order valence-electron chi connectivity index (χ2n) is 4.34. The number of hydrogen-bond acceptors (Lipinski definition) is 8. The zero-order valence-corrected chi connectivity index (χ0v) is 14.0. The van der Waals surface area contributed by atoms with E-state index in [-0.39, 0.29) is 19.0 Å². The van der Waals surface area contributed by atoms with Crippen molar-refractivity contribution >= 4 is 5.97 Å². The first kappa shape index (κ1) is 22.2. The molecule has 0 aliphatic carbocycles. The quantitative estimate of drug-likeness (QED) is 0.276. The molecule has 0 atom stereocenters. The number of carbonyl (C=O) groups excluding carboxylic acids is 1. The average Bonchev–Trinajstić information content (AvgIpc) is 2.54. The van der Waals surface area contributed by atoms with E-state index in [1.807, 2.05) is 0 Å². The third-order valence-corrected chi connectivity index (χ3v) is 2.48. The molecule has 0 rings (SSSR count). The predicted molar refractivity (Wildman–Crippen MR) is 82.4 cm³/mol. The molecule has 138 valence electrons. The minimum Gasteiger partial charge on any atom is -0.466 e. The lowest BCUT2D eigenvalue weighted by molar-refractivity contribution is -0.144. The highest BCUT2D eigenvalue weighted by Crippen LogP contribution is 1.89. The summed E-state index contributed by atoms with van der Waals surface area (Å²) in [6.45, 7) is 6.72. The maximum absolute atomic E-state index is 11.0. The van der Waals surface area contributed by atoms with Gasteiger partial charge in [-0.2, -0.15) is 0 Å². The van der Waals surface area contributed by atoms with Crippen molar-refractivity contribution in [1.82, 2.24) is 0 Å². The van der Waals surface area contributed by atoms with Crippen LogP contribution in [0.15, 0.2) is 0 Å². The first-order valence-corrected chi connectivity index (χ1v) is 7.96. The number of aliphatic hydroxyl groups excluding tert-OH is 1. The topological polar surface area (TPSA) is 92.7 Å². The Morgan fingerprint density at radius 2 is 1.09 bits per heavy atom. The monoisotopic (exact) mass is 338 g/mol. The Bertz CT molecular complexity index is 250. The van der Waals surface area contributed by atoms with Crippen molar-refractivity contribution in [2.24, 2.45) is 0 Å². The Morgan fingerprint density at radius 3 is 1.48 bits per heavy atom. The number of ether oxygens (including phenoxy) is 6. The SMILES string of the molecule is CCOC(=O)CCOCCOCCOCCOCCOCCO. The van der Waals surface area contributed by atoms with E-state index in [0.29, 0.717) is 72.7 Å². The van der Waals surface area contributed by atoms with E-state index in [9.17, 15) is 4.79 Å². The molecule has 0 aromatic carbocycles. The molecule has 8 heteroatoms. The van der Waals surface area contributed by atoms with Gasteiger partial charge >= 0.3 is 5.97 Å². The van der Waals surface area contributed by atoms with Crippen LogP contribution < -0.4 is 0 Å². The van der Waals surface area contributed by atoms with Crippen molar-refractivity contribution in [2.75, 3.05) is 79.3 Å². The Hall–Kier alpha value is -0.770. The van der Waals surface area contributed by atoms with E-state index in [4.69, 9.17) is 33.5 Å². The van der Waals surface area contributed by atoms with Crippen LogP contribution >= 0.6 is 0 Å². The van der Waals surface area contributed by atoms with Crippen LogP contribution in [-0.4, -0.2) is 90.4 Å². The highest BCUT2D eigenvalue weighted by atomic mass is 16.6. The number of esters is 1. The lowest BCUT2D eigenvalue weighted by Gasteiger charge is -2.07. The molecular formula is C15H30O8. The van der Waals surface area contributed by atoms with Crippen LogP contribution in [0.3, 0.4) is 0 Å². The van der Waals surface area contributed by atoms with Crippen LogP contribution in [0, 0.1) is 0 Å². The molecule has 0 spiro atoms. The molecule has 0 aliphatic heterocycles. The molecule has 1 N–H and O–H groups in total. The summed E-state index contributed by atoms with van der Waals surface area (Å²) >= 11 is 0. The second-order valence-corrected chi connectivity index (χ2v) is 4.34. The molecule has 0 aliphatic rings. The van der Waals surface area contributed by atoms with Crippen molar-refractivity contribution in [3.8, 4) is 0 Å². The zero-order chi connectivity index (χ0) is 17.0. The van der Waals surface area contributed by atoms with E-state index < -0.39 is 0 Å². The van der Waals surface area contributed by atoms with Gasteiger partial charge in [-0.05, 0) is 6.92 Å². The van der Waals surface area contributed by atoms with Crippen molar-refractivity contribution < 1.29 is 38.3 Å². The minimum atomic E-state index is -0.246. The lowest BCUT2D eigenvalue weighted by Crippen LogP contribution is -2.14. The number of carbonyl (C=O) groups is 1. The van der Waals surface area contributed by atoms with Crippen molar-refractivity contribution in [3.05, 3.63) is 0 Å². The first-order valence-electron chi connectivity index (χ1n) is 7.96. The van der Waals surface area contributed by atoms with Crippen molar-refractivity contribution in [3.63, 3.8) is 0 Å². The molecule has 0 fully saturated rings. The van der Waals surface area contributed by atoms with E-state index in [1.165, 1.54) is 0 Å². The molecule has 8 nitrogen and oxygen atoms in total. The maximum atomic E-state index is 11.0. The predicted octanol–water partition coefficient (Wildman–Crippen LogP) is 0.0149. The standard InChI is InChI=1S/C15H30O8/c1-2-23-15(17)3-5-18-7-9-20-11-13-22-14-12-21-10-8-19-6-4-16/h16H,2-14H2,1H3. The smallest absolute Gasteiger partial charge is 0.308 e. The van der Waals surface area contributed by atoms with Crippen LogP contribution in [0.4, 0.5) is 0 Å². The van der Waals surface area contributed by atoms with Crippen LogP contribution in [-0.2, 0) is 33.2 Å². The molecule has 0 saturated heterocycles. The zero-order valence-electron chi connectivity index (χ0n) is 14.0. The van der Waals surface area contributed by atoms with Gasteiger partial charge in [0.25, 0.3) is 0 Å². The summed E-state index contributed by atoms with van der Waals surface area (Å²) in [5.74, 6) is -0.246. The van der Waals surface area contributed by atoms with Crippen molar-refractivity contribution in [2.45, 2.75) is 13.3 Å². The summed E-state index contributed by atoms with van der Waals surface area (Å²) in [7, 11) is 0. The largest absolute Gasteiger partial charge is 0.466 e. The molecule has 0 heterocycles. The van der Waals surface area contributed by atoms with Crippen LogP contribution in [0.2, 0.25) is 0 Å². The van der Waals surface area contributed by atoms with E-state index in [2.05, 4.69) is 0 Å². The molecule has 0 aromatic rings. The fourth-order valence-electron chi connectivity index (χ4n) is 1.43. The van der Waals surface area contributed by atoms with Gasteiger partial charge < -0.3 is 33.5 Å². The van der Waals surface area contributed by atoms with Crippen LogP contribution in [0.1, 0.15) is 13.3 Å². The van der Waals surface area contributed by atoms with Gasteiger partial charge in [0.1, 0.15) is 0 Å². The van der Waals surface area contributed by atoms with E-state index >= 15 is 0 Å². The summed E-state index contributed by atoms with van der Waals surface area (Å²) < 4.78 is 30.9. The summed E-state index contributed by atoms with van der Waals surface area (Å²) in [5.41, 5.74) is 0. The van der Waals surface area contributed by atoms with E-state index in [0.717, 1.165) is 0 Å². The van der Waals surface area contributed by atoms with Crippen molar-refractivity contribution in [1.29, 1.82) is 0 Å². The van der Waals surface area contributed by atoms with Crippen LogP contribution in [0.5, 0.6) is 0 Å². The second kappa shape index (κ2) is 19.3. The van der Waals surface area contributed by atoms with Gasteiger partial charge in [0.05, 0.1) is 85.7 Å². The highest BCUT2D eigenvalue weighted by Gasteiger charge is 2.00. The van der Waals surface area contributed by atoms with Gasteiger partial charge in [-0.1, -0.05) is 0 Å². The Kier molecular flexibility index (Phi) is 18.6. The fraction of sp³-hybridized carbons (Fsp3) is 0.933. The molecular weight excluding hydrogens is 308 g/mol. The number of aliphatic hydroxyl groups is 1. The first-order chi connectivity index (χ1) is 11.3. The fourth-order valence-corrected chi connectivity index (χ4v) is 1.43. The van der Waals surface area contributed by atoms with E-state index in [1.54, 1.807) is 6.92 Å². The normalized spacial score (nSPS) is 10.9. The molecule has 0 bridgehead atoms. The molecule has 0 saturated carbocycles. The third kappa shape index (κ3) is 19.2. The Labute approximate surface area is 137 Å². The maximum Gasteiger partial charge on any atom is 0.308 e. The van der Waals surface area contributed by atoms with Gasteiger partial charge in [-0.25, -0.2) is 0 Å². The van der Waals surface area contributed by atoms with Crippen LogP contribution in [0.25, 0.3) is 0 Å². The number of rotatable bonds is 18. The average molecular weight is 338 g/mol. The number of hydrogen-bond donors (Lipinski definition) is 1. The minimum absolute atomic E-state index is 0.0273. The summed E-state index contributed by atoms with van der Waals surface area (Å²) in [6.07, 6.45) is 0.266. The van der Waals surface area contributed by atoms with Gasteiger partial charge in [0.2, 0.25) is 0 Å². The third-order valence-electron chi connectivity index (χ3n) is 2.48. The lowest BCUT2D eigenvalue weighted by atomic mass is 10.5. The van der Waals surface area contributed by atoms with Gasteiger partial charge in [0, 0.05) is 0 Å². The molecule has 0 unspecified atom stereocenters. The summed E-state index contributed by atoms with van der Waals surface area (Å²) in [5, 5.41) is 8.49. The van der Waals surface area contributed by atoms with Gasteiger partial charge in [-0.15, -0.1) is 0 Å². The Morgan fingerprint density at radius 1 is 0.696 bits per heavy atom. The van der Waals surface area contributed by atoms with Gasteiger partial charge in [-0.3, -0.25) is 4.79 Å². The summed E-state index contributed by atoms with van der Waals surface area (Å²) in [6, 6.07) is 0.